The number of amides is 1. The van der Waals surface area contributed by atoms with Gasteiger partial charge in [0.2, 0.25) is 0 Å². The number of ether oxygens (including phenoxy) is 1. The van der Waals surface area contributed by atoms with E-state index in [0.717, 1.165) is 12.1 Å². The molecule has 0 aromatic heterocycles. The topological polar surface area (TPSA) is 41.6 Å². The van der Waals surface area contributed by atoms with Crippen LogP contribution in [0.3, 0.4) is 0 Å². The van der Waals surface area contributed by atoms with Gasteiger partial charge in [-0.05, 0) is 19.2 Å². The van der Waals surface area contributed by atoms with Gasteiger partial charge in [-0.1, -0.05) is 0 Å². The molecule has 20 heavy (non-hydrogen) atoms. The maximum Gasteiger partial charge on any atom is 0.412 e. The molecular formula is C12H12F4N2O2. The standard InChI is InChI=1S/C12H12F4N2O2/c1-18-5-10(12(15,16)6-18)20-11(19)17-9-3-2-7(13)4-8(9)14/h2-4,10H,5-6H2,1H3,(H,17,19)/t10-/m0/s1. The molecule has 1 amide bonds. The second kappa shape index (κ2) is 5.28. The first kappa shape index (κ1) is 14.6. The van der Waals surface area contributed by atoms with Crippen LogP contribution in [0.2, 0.25) is 0 Å². The lowest BCUT2D eigenvalue weighted by Gasteiger charge is -2.18. The smallest absolute Gasteiger partial charge is 0.412 e. The van der Waals surface area contributed by atoms with Crippen molar-refractivity contribution in [2.45, 2.75) is 12.0 Å². The molecule has 0 bridgehead atoms. The lowest BCUT2D eigenvalue weighted by atomic mass is 10.2. The van der Waals surface area contributed by atoms with Crippen molar-refractivity contribution < 1.29 is 27.1 Å². The molecule has 1 aliphatic rings. The summed E-state index contributed by atoms with van der Waals surface area (Å²) in [5.74, 6) is -4.99. The van der Waals surface area contributed by atoms with Crippen LogP contribution in [0.4, 0.5) is 28.0 Å². The summed E-state index contributed by atoms with van der Waals surface area (Å²) in [6.45, 7) is -0.637. The zero-order valence-electron chi connectivity index (χ0n) is 10.5. The van der Waals surface area contributed by atoms with Gasteiger partial charge in [0.05, 0.1) is 12.2 Å². The van der Waals surface area contributed by atoms with Crippen LogP contribution in [0.15, 0.2) is 18.2 Å². The fourth-order valence-corrected chi connectivity index (χ4v) is 1.93. The summed E-state index contributed by atoms with van der Waals surface area (Å²) in [4.78, 5) is 12.8. The molecule has 0 saturated carbocycles. The van der Waals surface area contributed by atoms with Crippen molar-refractivity contribution in [3.8, 4) is 0 Å². The SMILES string of the molecule is CN1C[C@H](OC(=O)Nc2ccc(F)cc2F)C(F)(F)C1. The summed E-state index contributed by atoms with van der Waals surface area (Å²) < 4.78 is 57.4. The molecule has 1 fully saturated rings. The van der Waals surface area contributed by atoms with Crippen molar-refractivity contribution in [2.75, 3.05) is 25.5 Å². The molecule has 0 radical (unpaired) electrons. The number of hydrogen-bond donors (Lipinski definition) is 1. The number of carbonyl (C=O) groups is 1. The Labute approximate surface area is 112 Å². The van der Waals surface area contributed by atoms with E-state index < -0.39 is 36.3 Å². The molecule has 1 aliphatic heterocycles. The summed E-state index contributed by atoms with van der Waals surface area (Å²) in [5, 5.41) is 1.96. The lowest BCUT2D eigenvalue weighted by molar-refractivity contribution is -0.0749. The van der Waals surface area contributed by atoms with Gasteiger partial charge < -0.3 is 4.74 Å². The Hall–Kier alpha value is -1.83. The summed E-state index contributed by atoms with van der Waals surface area (Å²) in [5.41, 5.74) is -0.342. The Morgan fingerprint density at radius 2 is 2.15 bits per heavy atom. The Balaban J connectivity index is 1.99. The highest BCUT2D eigenvalue weighted by Gasteiger charge is 2.49. The van der Waals surface area contributed by atoms with Crippen LogP contribution in [0.5, 0.6) is 0 Å². The fraction of sp³-hybridized carbons (Fsp3) is 0.417. The third-order valence-corrected chi connectivity index (χ3v) is 2.85. The molecule has 2 rings (SSSR count). The van der Waals surface area contributed by atoms with Crippen molar-refractivity contribution in [1.82, 2.24) is 4.90 Å². The van der Waals surface area contributed by atoms with E-state index in [0.29, 0.717) is 6.07 Å². The van der Waals surface area contributed by atoms with E-state index in [9.17, 15) is 22.4 Å². The number of alkyl halides is 2. The van der Waals surface area contributed by atoms with Crippen molar-refractivity contribution in [2.24, 2.45) is 0 Å². The second-order valence-electron chi connectivity index (χ2n) is 4.60. The molecule has 1 atom stereocenters. The van der Waals surface area contributed by atoms with Crippen molar-refractivity contribution in [3.05, 3.63) is 29.8 Å². The molecule has 0 aliphatic carbocycles. The van der Waals surface area contributed by atoms with Gasteiger partial charge in [0.1, 0.15) is 11.6 Å². The van der Waals surface area contributed by atoms with Gasteiger partial charge in [-0.2, -0.15) is 0 Å². The predicted octanol–water partition coefficient (Wildman–Crippen LogP) is 2.46. The first-order chi connectivity index (χ1) is 9.28. The highest BCUT2D eigenvalue weighted by molar-refractivity contribution is 5.84. The van der Waals surface area contributed by atoms with E-state index in [-0.39, 0.29) is 12.2 Å². The average molecular weight is 292 g/mol. The molecule has 0 spiro atoms. The maximum atomic E-state index is 13.4. The summed E-state index contributed by atoms with van der Waals surface area (Å²) in [7, 11) is 1.47. The Kier molecular flexibility index (Phi) is 3.85. The normalized spacial score (nSPS) is 21.8. The van der Waals surface area contributed by atoms with Crippen LogP contribution in [-0.2, 0) is 4.74 Å². The van der Waals surface area contributed by atoms with Gasteiger partial charge in [0, 0.05) is 12.6 Å². The van der Waals surface area contributed by atoms with Crippen LogP contribution in [0.1, 0.15) is 0 Å². The van der Waals surface area contributed by atoms with E-state index in [2.05, 4.69) is 4.74 Å². The first-order valence-corrected chi connectivity index (χ1v) is 5.77. The number of benzene rings is 1. The van der Waals surface area contributed by atoms with Crippen LogP contribution in [0.25, 0.3) is 0 Å². The Morgan fingerprint density at radius 3 is 2.70 bits per heavy atom. The van der Waals surface area contributed by atoms with E-state index in [4.69, 9.17) is 0 Å². The third-order valence-electron chi connectivity index (χ3n) is 2.85. The van der Waals surface area contributed by atoms with E-state index in [1.807, 2.05) is 5.32 Å². The zero-order valence-corrected chi connectivity index (χ0v) is 10.5. The number of rotatable bonds is 2. The van der Waals surface area contributed by atoms with Gasteiger partial charge in [-0.15, -0.1) is 0 Å². The molecule has 110 valence electrons. The van der Waals surface area contributed by atoms with Crippen LogP contribution >= 0.6 is 0 Å². The van der Waals surface area contributed by atoms with Gasteiger partial charge in [0.25, 0.3) is 5.92 Å². The monoisotopic (exact) mass is 292 g/mol. The first-order valence-electron chi connectivity index (χ1n) is 5.77. The summed E-state index contributed by atoms with van der Waals surface area (Å²) >= 11 is 0. The minimum Gasteiger partial charge on any atom is -0.438 e. The van der Waals surface area contributed by atoms with Gasteiger partial charge >= 0.3 is 6.09 Å². The van der Waals surface area contributed by atoms with Crippen LogP contribution in [-0.4, -0.2) is 43.2 Å². The van der Waals surface area contributed by atoms with Gasteiger partial charge in [-0.25, -0.2) is 22.4 Å². The largest absolute Gasteiger partial charge is 0.438 e. The van der Waals surface area contributed by atoms with Crippen LogP contribution < -0.4 is 5.32 Å². The molecule has 8 heteroatoms. The number of hydrogen-bond acceptors (Lipinski definition) is 3. The number of nitrogens with one attached hydrogen (secondary N) is 1. The minimum absolute atomic E-state index is 0.119. The molecule has 1 aromatic rings. The molecule has 1 N–H and O–H groups in total. The van der Waals surface area contributed by atoms with Gasteiger partial charge in [-0.3, -0.25) is 10.2 Å². The highest BCUT2D eigenvalue weighted by Crippen LogP contribution is 2.29. The molecule has 4 nitrogen and oxygen atoms in total. The molecule has 1 saturated heterocycles. The quantitative estimate of drug-likeness (QED) is 0.851. The number of likely N-dealkylation sites (N-methyl/N-ethyl adjacent to an activating group) is 1. The third kappa shape index (κ3) is 3.19. The van der Waals surface area contributed by atoms with E-state index >= 15 is 0 Å². The Morgan fingerprint density at radius 1 is 1.45 bits per heavy atom. The van der Waals surface area contributed by atoms with Gasteiger partial charge in [0.15, 0.2) is 6.10 Å². The Bertz CT molecular complexity index is 524. The summed E-state index contributed by atoms with van der Waals surface area (Å²) in [6, 6.07) is 2.47. The second-order valence-corrected chi connectivity index (χ2v) is 4.60. The number of carbonyl (C=O) groups excluding carboxylic acids is 1. The number of likely N-dealkylation sites (tertiary alicyclic amines) is 1. The zero-order chi connectivity index (χ0) is 14.9. The van der Waals surface area contributed by atoms with Crippen molar-refractivity contribution in [3.63, 3.8) is 0 Å². The van der Waals surface area contributed by atoms with Crippen molar-refractivity contribution in [1.29, 1.82) is 0 Å². The molecular weight excluding hydrogens is 280 g/mol. The molecule has 1 aromatic carbocycles. The molecule has 0 unspecified atom stereocenters. The number of nitrogens with zero attached hydrogens (tertiary/aromatic N) is 1. The lowest BCUT2D eigenvalue weighted by Crippen LogP contribution is -2.37. The minimum atomic E-state index is -3.16. The highest BCUT2D eigenvalue weighted by atomic mass is 19.3. The fourth-order valence-electron chi connectivity index (χ4n) is 1.93. The predicted molar refractivity (Wildman–Crippen MR) is 62.7 cm³/mol. The number of halogens is 4. The average Bonchev–Trinajstić information content (AvgIpc) is 2.55. The van der Waals surface area contributed by atoms with E-state index in [1.54, 1.807) is 0 Å². The maximum absolute atomic E-state index is 13.4. The summed E-state index contributed by atoms with van der Waals surface area (Å²) in [6.07, 6.45) is -2.81. The van der Waals surface area contributed by atoms with Crippen LogP contribution in [0, 0.1) is 11.6 Å². The van der Waals surface area contributed by atoms with Crippen molar-refractivity contribution >= 4 is 11.8 Å². The molecule has 1 heterocycles. The number of anilines is 1. The van der Waals surface area contributed by atoms with E-state index in [1.165, 1.54) is 11.9 Å².